The van der Waals surface area contributed by atoms with E-state index in [0.717, 1.165) is 69.0 Å². The maximum absolute atomic E-state index is 12.4. The van der Waals surface area contributed by atoms with E-state index in [1.165, 1.54) is 15.8 Å². The molecule has 5 rings (SSSR count). The second-order valence-electron chi connectivity index (χ2n) is 8.44. The zero-order valence-corrected chi connectivity index (χ0v) is 20.1. The molecule has 170 valence electrons. The van der Waals surface area contributed by atoms with Gasteiger partial charge in [0.25, 0.3) is 5.91 Å². The lowest BCUT2D eigenvalue weighted by Crippen LogP contribution is -2.46. The molecule has 0 saturated carbocycles. The summed E-state index contributed by atoms with van der Waals surface area (Å²) in [6, 6.07) is 14.8. The third-order valence-electron chi connectivity index (χ3n) is 6.45. The second kappa shape index (κ2) is 10.1. The van der Waals surface area contributed by atoms with Gasteiger partial charge in [-0.2, -0.15) is 0 Å². The van der Waals surface area contributed by atoms with Crippen LogP contribution >= 0.6 is 23.7 Å². The van der Waals surface area contributed by atoms with E-state index in [2.05, 4.69) is 39.4 Å². The SMILES string of the molecule is CN1CCc2ccc(OCCCN3CCN(c4cccc5sccc45)CC3)cc2C1=O.Cl. The van der Waals surface area contributed by atoms with Crippen molar-refractivity contribution in [3.63, 3.8) is 0 Å². The smallest absolute Gasteiger partial charge is 0.254 e. The fourth-order valence-corrected chi connectivity index (χ4v) is 5.41. The molecule has 0 N–H and O–H groups in total. The minimum absolute atomic E-state index is 0. The van der Waals surface area contributed by atoms with Crippen molar-refractivity contribution in [1.82, 2.24) is 9.80 Å². The van der Waals surface area contributed by atoms with Crippen molar-refractivity contribution >= 4 is 45.4 Å². The first kappa shape index (κ1) is 22.9. The van der Waals surface area contributed by atoms with Gasteiger partial charge in [-0.15, -0.1) is 23.7 Å². The first-order valence-corrected chi connectivity index (χ1v) is 12.0. The molecular weight excluding hydrogens is 442 g/mol. The Hall–Kier alpha value is -2.28. The van der Waals surface area contributed by atoms with Crippen molar-refractivity contribution in [1.29, 1.82) is 0 Å². The molecule has 1 aromatic heterocycles. The third kappa shape index (κ3) is 4.72. The van der Waals surface area contributed by atoms with Gasteiger partial charge in [0.05, 0.1) is 6.61 Å². The van der Waals surface area contributed by atoms with E-state index in [-0.39, 0.29) is 18.3 Å². The predicted octanol–water partition coefficient (Wildman–Crippen LogP) is 4.54. The molecule has 5 nitrogen and oxygen atoms in total. The van der Waals surface area contributed by atoms with Crippen LogP contribution in [0.25, 0.3) is 10.1 Å². The van der Waals surface area contributed by atoms with Gasteiger partial charge in [0, 0.05) is 67.7 Å². The first-order valence-electron chi connectivity index (χ1n) is 11.1. The Morgan fingerprint density at radius 3 is 2.72 bits per heavy atom. The number of halogens is 1. The molecule has 1 fully saturated rings. The van der Waals surface area contributed by atoms with Crippen LogP contribution in [0.2, 0.25) is 0 Å². The van der Waals surface area contributed by atoms with Gasteiger partial charge in [-0.25, -0.2) is 0 Å². The number of likely N-dealkylation sites (N-methyl/N-ethyl adjacent to an activating group) is 1. The Labute approximate surface area is 200 Å². The van der Waals surface area contributed by atoms with E-state index in [9.17, 15) is 4.79 Å². The summed E-state index contributed by atoms with van der Waals surface area (Å²) in [4.78, 5) is 19.2. The maximum Gasteiger partial charge on any atom is 0.254 e. The number of piperazine rings is 1. The highest BCUT2D eigenvalue weighted by molar-refractivity contribution is 7.17. The number of nitrogens with zero attached hydrogens (tertiary/aromatic N) is 3. The standard InChI is InChI=1S/C25H29N3O2S.ClH/c1-26-11-8-19-6-7-20(18-22(19)25(26)29)30-16-3-10-27-12-14-28(15-13-27)23-4-2-5-24-21(23)9-17-31-24;/h2,4-7,9,17-18H,3,8,10-16H2,1H3;1H. The monoisotopic (exact) mass is 471 g/mol. The van der Waals surface area contributed by atoms with Crippen LogP contribution < -0.4 is 9.64 Å². The summed E-state index contributed by atoms with van der Waals surface area (Å²) in [6.07, 6.45) is 1.91. The molecule has 2 aromatic carbocycles. The van der Waals surface area contributed by atoms with Crippen LogP contribution in [0, 0.1) is 0 Å². The highest BCUT2D eigenvalue weighted by Crippen LogP contribution is 2.31. The number of carbonyl (C=O) groups is 1. The van der Waals surface area contributed by atoms with Crippen LogP contribution in [0.3, 0.4) is 0 Å². The fourth-order valence-electron chi connectivity index (χ4n) is 4.60. The zero-order valence-electron chi connectivity index (χ0n) is 18.5. The average molecular weight is 472 g/mol. The number of carbonyl (C=O) groups excluding carboxylic acids is 1. The number of ether oxygens (including phenoxy) is 1. The molecule has 0 spiro atoms. The van der Waals surface area contributed by atoms with Crippen molar-refractivity contribution < 1.29 is 9.53 Å². The van der Waals surface area contributed by atoms with Crippen molar-refractivity contribution in [2.45, 2.75) is 12.8 Å². The lowest BCUT2D eigenvalue weighted by molar-refractivity contribution is 0.0780. The van der Waals surface area contributed by atoms with Crippen LogP contribution in [0.1, 0.15) is 22.3 Å². The fraction of sp³-hybridized carbons (Fsp3) is 0.400. The van der Waals surface area contributed by atoms with Crippen molar-refractivity contribution in [3.8, 4) is 5.75 Å². The van der Waals surface area contributed by atoms with Gasteiger partial charge < -0.3 is 14.5 Å². The number of hydrogen-bond donors (Lipinski definition) is 0. The molecule has 0 unspecified atom stereocenters. The van der Waals surface area contributed by atoms with E-state index in [0.29, 0.717) is 6.61 Å². The van der Waals surface area contributed by atoms with Gasteiger partial charge in [-0.3, -0.25) is 9.69 Å². The van der Waals surface area contributed by atoms with Crippen LogP contribution in [-0.4, -0.2) is 68.6 Å². The van der Waals surface area contributed by atoms with Gasteiger partial charge >= 0.3 is 0 Å². The minimum Gasteiger partial charge on any atom is -0.494 e. The quantitative estimate of drug-likeness (QED) is 0.494. The highest BCUT2D eigenvalue weighted by atomic mass is 35.5. The molecule has 0 bridgehead atoms. The molecule has 0 aliphatic carbocycles. The topological polar surface area (TPSA) is 36.0 Å². The molecular formula is C25H30ClN3O2S. The molecule has 3 aromatic rings. The molecule has 0 radical (unpaired) electrons. The summed E-state index contributed by atoms with van der Waals surface area (Å²) in [7, 11) is 1.86. The number of anilines is 1. The molecule has 32 heavy (non-hydrogen) atoms. The molecule has 1 amide bonds. The number of rotatable bonds is 6. The van der Waals surface area contributed by atoms with Crippen LogP contribution in [0.5, 0.6) is 5.75 Å². The minimum atomic E-state index is 0. The number of benzene rings is 2. The zero-order chi connectivity index (χ0) is 21.2. The number of fused-ring (bicyclic) bond motifs is 2. The van der Waals surface area contributed by atoms with Crippen molar-refractivity contribution in [3.05, 3.63) is 59.0 Å². The maximum atomic E-state index is 12.4. The Balaban J connectivity index is 0.00000245. The largest absolute Gasteiger partial charge is 0.494 e. The van der Waals surface area contributed by atoms with Gasteiger partial charge in [-0.1, -0.05) is 12.1 Å². The molecule has 2 aliphatic rings. The summed E-state index contributed by atoms with van der Waals surface area (Å²) in [5.74, 6) is 0.902. The average Bonchev–Trinajstić information content (AvgIpc) is 3.29. The summed E-state index contributed by atoms with van der Waals surface area (Å²) >= 11 is 1.81. The van der Waals surface area contributed by atoms with E-state index in [1.807, 2.05) is 36.6 Å². The van der Waals surface area contributed by atoms with Gasteiger partial charge in [0.2, 0.25) is 0 Å². The van der Waals surface area contributed by atoms with Gasteiger partial charge in [0.1, 0.15) is 5.75 Å². The van der Waals surface area contributed by atoms with Crippen LogP contribution in [0.15, 0.2) is 47.8 Å². The van der Waals surface area contributed by atoms with E-state index in [4.69, 9.17) is 4.74 Å². The molecule has 7 heteroatoms. The molecule has 2 aliphatic heterocycles. The normalized spacial score (nSPS) is 16.7. The summed E-state index contributed by atoms with van der Waals surface area (Å²) in [5.41, 5.74) is 3.30. The Bertz CT molecular complexity index is 1080. The Morgan fingerprint density at radius 2 is 1.88 bits per heavy atom. The molecule has 0 atom stereocenters. The number of hydrogen-bond acceptors (Lipinski definition) is 5. The Morgan fingerprint density at radius 1 is 1.03 bits per heavy atom. The lowest BCUT2D eigenvalue weighted by Gasteiger charge is -2.36. The van der Waals surface area contributed by atoms with Gasteiger partial charge in [-0.05, 0) is 54.1 Å². The van der Waals surface area contributed by atoms with Crippen molar-refractivity contribution in [2.24, 2.45) is 0 Å². The second-order valence-corrected chi connectivity index (χ2v) is 9.38. The first-order chi connectivity index (χ1) is 15.2. The number of thiophene rings is 1. The molecule has 1 saturated heterocycles. The highest BCUT2D eigenvalue weighted by Gasteiger charge is 2.22. The van der Waals surface area contributed by atoms with E-state index in [1.54, 1.807) is 4.90 Å². The van der Waals surface area contributed by atoms with Crippen molar-refractivity contribution in [2.75, 3.05) is 57.8 Å². The third-order valence-corrected chi connectivity index (χ3v) is 7.33. The summed E-state index contributed by atoms with van der Waals surface area (Å²) < 4.78 is 7.34. The van der Waals surface area contributed by atoms with E-state index < -0.39 is 0 Å². The van der Waals surface area contributed by atoms with Crippen LogP contribution in [-0.2, 0) is 6.42 Å². The van der Waals surface area contributed by atoms with Gasteiger partial charge in [0.15, 0.2) is 0 Å². The molecule has 3 heterocycles. The Kier molecular flexibility index (Phi) is 7.23. The lowest BCUT2D eigenvalue weighted by atomic mass is 9.99. The summed E-state index contributed by atoms with van der Waals surface area (Å²) in [5, 5.41) is 3.56. The number of amides is 1. The van der Waals surface area contributed by atoms with E-state index >= 15 is 0 Å². The van der Waals surface area contributed by atoms with Crippen LogP contribution in [0.4, 0.5) is 5.69 Å². The predicted molar refractivity (Wildman–Crippen MR) is 135 cm³/mol. The summed E-state index contributed by atoms with van der Waals surface area (Å²) in [6.45, 7) is 6.81.